The fraction of sp³-hybridized carbons (Fsp3) is 0.0400. The summed E-state index contributed by atoms with van der Waals surface area (Å²) in [4.78, 5) is 8.55. The van der Waals surface area contributed by atoms with E-state index in [1.807, 2.05) is 24.3 Å². The molecule has 160 valence electrons. The molecule has 0 aliphatic carbocycles. The molecule has 33 heavy (non-hydrogen) atoms. The topological polar surface area (TPSA) is 130 Å². The zero-order valence-corrected chi connectivity index (χ0v) is 17.6. The van der Waals surface area contributed by atoms with Crippen LogP contribution in [0.25, 0.3) is 11.1 Å². The second-order valence-electron chi connectivity index (χ2n) is 6.93. The summed E-state index contributed by atoms with van der Waals surface area (Å²) in [5.74, 6) is 1.68. The highest BCUT2D eigenvalue weighted by Gasteiger charge is 2.11. The molecule has 0 amide bonds. The smallest absolute Gasteiger partial charge is 0.232 e. The average molecular weight is 434 g/mol. The number of nitrogens with one attached hydrogen (secondary N) is 1. The van der Waals surface area contributed by atoms with E-state index in [0.29, 0.717) is 28.3 Å². The molecule has 0 bridgehead atoms. The van der Waals surface area contributed by atoms with Crippen LogP contribution in [0.2, 0.25) is 0 Å². The first-order valence-electron chi connectivity index (χ1n) is 9.86. The van der Waals surface area contributed by atoms with Crippen LogP contribution in [-0.4, -0.2) is 17.1 Å². The van der Waals surface area contributed by atoms with E-state index in [9.17, 15) is 0 Å². The Morgan fingerprint density at radius 1 is 0.788 bits per heavy atom. The first kappa shape index (κ1) is 21.2. The van der Waals surface area contributed by atoms with Crippen molar-refractivity contribution in [3.05, 3.63) is 83.9 Å². The van der Waals surface area contributed by atoms with Crippen LogP contribution in [0.4, 0.5) is 17.5 Å². The average Bonchev–Trinajstić information content (AvgIpc) is 2.84. The van der Waals surface area contributed by atoms with Crippen LogP contribution < -0.4 is 20.5 Å². The maximum absolute atomic E-state index is 8.98. The Morgan fingerprint density at radius 2 is 1.42 bits per heavy atom. The zero-order valence-electron chi connectivity index (χ0n) is 17.6. The lowest BCUT2D eigenvalue weighted by molar-refractivity contribution is 0.374. The van der Waals surface area contributed by atoms with Crippen LogP contribution in [0.15, 0.2) is 72.8 Å². The molecule has 0 fully saturated rings. The normalized spacial score (nSPS) is 10.0. The monoisotopic (exact) mass is 434 g/mol. The summed E-state index contributed by atoms with van der Waals surface area (Å²) in [5.41, 5.74) is 9.64. The Balaban J connectivity index is 1.57. The van der Waals surface area contributed by atoms with E-state index in [0.717, 1.165) is 11.1 Å². The summed E-state index contributed by atoms with van der Waals surface area (Å²) < 4.78 is 11.4. The number of rotatable bonds is 6. The summed E-state index contributed by atoms with van der Waals surface area (Å²) in [5, 5.41) is 21.0. The molecule has 0 saturated carbocycles. The van der Waals surface area contributed by atoms with Crippen molar-refractivity contribution >= 4 is 17.5 Å². The van der Waals surface area contributed by atoms with E-state index < -0.39 is 0 Å². The molecule has 8 heteroatoms. The lowest BCUT2D eigenvalue weighted by Crippen LogP contribution is -2.02. The van der Waals surface area contributed by atoms with Crippen molar-refractivity contribution in [2.45, 2.75) is 0 Å². The maximum Gasteiger partial charge on any atom is 0.232 e. The van der Waals surface area contributed by atoms with Crippen molar-refractivity contribution in [2.24, 2.45) is 0 Å². The summed E-state index contributed by atoms with van der Waals surface area (Å²) in [6.45, 7) is 0. The number of benzene rings is 3. The fourth-order valence-corrected chi connectivity index (χ4v) is 3.09. The molecule has 0 unspecified atom stereocenters. The van der Waals surface area contributed by atoms with Crippen LogP contribution in [0.3, 0.4) is 0 Å². The van der Waals surface area contributed by atoms with Gasteiger partial charge in [0, 0.05) is 11.8 Å². The van der Waals surface area contributed by atoms with Crippen LogP contribution in [0.5, 0.6) is 17.4 Å². The van der Waals surface area contributed by atoms with E-state index in [2.05, 4.69) is 27.4 Å². The summed E-state index contributed by atoms with van der Waals surface area (Å²) in [6, 6.07) is 25.3. The number of hydrogen-bond donors (Lipinski definition) is 2. The molecule has 0 spiro atoms. The van der Waals surface area contributed by atoms with Gasteiger partial charge >= 0.3 is 0 Å². The number of anilines is 3. The van der Waals surface area contributed by atoms with Gasteiger partial charge in [-0.3, -0.25) is 0 Å². The zero-order chi connectivity index (χ0) is 23.2. The van der Waals surface area contributed by atoms with Crippen LogP contribution in [-0.2, 0) is 0 Å². The minimum atomic E-state index is 0.226. The van der Waals surface area contributed by atoms with Gasteiger partial charge in [0.1, 0.15) is 5.82 Å². The molecule has 3 aromatic carbocycles. The molecule has 0 atom stereocenters. The number of methoxy groups -OCH3 is 1. The standard InChI is InChI=1S/C25H18N6O2/c1-32-22-12-19(18-6-2-16(14-26)3-7-18)8-11-21(22)33-24-13-23(28)30-25(31-24)29-20-9-4-17(15-27)5-10-20/h2-13H,1H3,(H3,28,29,30,31). The van der Waals surface area contributed by atoms with E-state index in [-0.39, 0.29) is 17.6 Å². The quantitative estimate of drug-likeness (QED) is 0.433. The van der Waals surface area contributed by atoms with Gasteiger partial charge < -0.3 is 20.5 Å². The van der Waals surface area contributed by atoms with Gasteiger partial charge in [-0.05, 0) is 59.7 Å². The molecule has 4 rings (SSSR count). The summed E-state index contributed by atoms with van der Waals surface area (Å²) in [7, 11) is 1.55. The molecule has 0 aliphatic rings. The number of nitrogen functional groups attached to an aromatic ring is 1. The highest BCUT2D eigenvalue weighted by atomic mass is 16.5. The number of hydrogen-bond acceptors (Lipinski definition) is 8. The Bertz CT molecular complexity index is 1370. The van der Waals surface area contributed by atoms with Gasteiger partial charge in [-0.2, -0.15) is 20.5 Å². The second kappa shape index (κ2) is 9.38. The number of nitrogens with zero attached hydrogens (tertiary/aromatic N) is 4. The Morgan fingerprint density at radius 3 is 2.06 bits per heavy atom. The van der Waals surface area contributed by atoms with Crippen molar-refractivity contribution in [3.63, 3.8) is 0 Å². The Hall–Kier alpha value is -5.08. The van der Waals surface area contributed by atoms with Gasteiger partial charge in [0.2, 0.25) is 11.8 Å². The van der Waals surface area contributed by atoms with E-state index >= 15 is 0 Å². The second-order valence-corrected chi connectivity index (χ2v) is 6.93. The SMILES string of the molecule is COc1cc(-c2ccc(C#N)cc2)ccc1Oc1cc(N)nc(Nc2ccc(C#N)cc2)n1. The first-order chi connectivity index (χ1) is 16.1. The molecule has 3 N–H and O–H groups in total. The molecule has 0 aliphatic heterocycles. The minimum Gasteiger partial charge on any atom is -0.493 e. The largest absolute Gasteiger partial charge is 0.493 e. The van der Waals surface area contributed by atoms with Gasteiger partial charge in [0.25, 0.3) is 0 Å². The highest BCUT2D eigenvalue weighted by Crippen LogP contribution is 2.35. The highest BCUT2D eigenvalue weighted by molar-refractivity contribution is 5.68. The lowest BCUT2D eigenvalue weighted by Gasteiger charge is -2.13. The van der Waals surface area contributed by atoms with Crippen LogP contribution in [0, 0.1) is 22.7 Å². The third kappa shape index (κ3) is 4.98. The van der Waals surface area contributed by atoms with Gasteiger partial charge in [-0.15, -0.1) is 0 Å². The fourth-order valence-electron chi connectivity index (χ4n) is 3.09. The summed E-state index contributed by atoms with van der Waals surface area (Å²) in [6.07, 6.45) is 0. The Labute approximate surface area is 190 Å². The predicted molar refractivity (Wildman–Crippen MR) is 124 cm³/mol. The molecule has 1 heterocycles. The van der Waals surface area contributed by atoms with Crippen molar-refractivity contribution in [1.29, 1.82) is 10.5 Å². The van der Waals surface area contributed by atoms with Gasteiger partial charge in [-0.1, -0.05) is 18.2 Å². The van der Waals surface area contributed by atoms with Crippen molar-refractivity contribution in [3.8, 4) is 40.6 Å². The maximum atomic E-state index is 8.98. The number of nitrogens with two attached hydrogens (primary N) is 1. The van der Waals surface area contributed by atoms with Gasteiger partial charge in [0.05, 0.1) is 30.4 Å². The summed E-state index contributed by atoms with van der Waals surface area (Å²) >= 11 is 0. The van der Waals surface area contributed by atoms with Crippen LogP contribution in [0.1, 0.15) is 11.1 Å². The number of aromatic nitrogens is 2. The van der Waals surface area contributed by atoms with Crippen molar-refractivity contribution < 1.29 is 9.47 Å². The number of ether oxygens (including phenoxy) is 2. The van der Waals surface area contributed by atoms with E-state index in [1.54, 1.807) is 49.6 Å². The van der Waals surface area contributed by atoms with E-state index in [4.69, 9.17) is 25.7 Å². The first-order valence-corrected chi connectivity index (χ1v) is 9.86. The Kier molecular flexibility index (Phi) is 6.01. The van der Waals surface area contributed by atoms with Gasteiger partial charge in [-0.25, -0.2) is 0 Å². The molecule has 4 aromatic rings. The predicted octanol–water partition coefficient (Wildman–Crippen LogP) is 5.01. The number of nitriles is 2. The van der Waals surface area contributed by atoms with Crippen molar-refractivity contribution in [2.75, 3.05) is 18.2 Å². The van der Waals surface area contributed by atoms with E-state index in [1.165, 1.54) is 6.07 Å². The molecular formula is C25H18N6O2. The molecular weight excluding hydrogens is 416 g/mol. The van der Waals surface area contributed by atoms with Crippen molar-refractivity contribution in [1.82, 2.24) is 9.97 Å². The lowest BCUT2D eigenvalue weighted by atomic mass is 10.0. The molecule has 8 nitrogen and oxygen atoms in total. The molecule has 1 aromatic heterocycles. The third-order valence-electron chi connectivity index (χ3n) is 4.72. The third-order valence-corrected chi connectivity index (χ3v) is 4.72. The minimum absolute atomic E-state index is 0.226. The van der Waals surface area contributed by atoms with Crippen LogP contribution >= 0.6 is 0 Å². The van der Waals surface area contributed by atoms with Gasteiger partial charge in [0.15, 0.2) is 11.5 Å². The molecule has 0 saturated heterocycles. The molecule has 0 radical (unpaired) electrons.